The molecule has 35 heavy (non-hydrogen) atoms. The number of carbonyl (C=O) groups is 1. The first kappa shape index (κ1) is 22.8. The van der Waals surface area contributed by atoms with E-state index in [0.717, 1.165) is 28.6 Å². The molecule has 3 aromatic heterocycles. The maximum Gasteiger partial charge on any atom is 0.201 e. The van der Waals surface area contributed by atoms with Gasteiger partial charge < -0.3 is 9.71 Å². The minimum atomic E-state index is -1.55. The third-order valence-corrected chi connectivity index (χ3v) is 6.86. The summed E-state index contributed by atoms with van der Waals surface area (Å²) in [6.45, 7) is 1.84. The summed E-state index contributed by atoms with van der Waals surface area (Å²) in [5.74, 6) is -2.64. The lowest BCUT2D eigenvalue weighted by molar-refractivity contribution is 0.103. The molecule has 2 aromatic carbocycles. The summed E-state index contributed by atoms with van der Waals surface area (Å²) in [4.78, 5) is 25.0. The van der Waals surface area contributed by atoms with Crippen molar-refractivity contribution in [3.63, 3.8) is 0 Å². The number of hydrogen-bond donors (Lipinski definition) is 2. The van der Waals surface area contributed by atoms with E-state index < -0.39 is 34.0 Å². The van der Waals surface area contributed by atoms with Gasteiger partial charge in [0.2, 0.25) is 5.78 Å². The van der Waals surface area contributed by atoms with Crippen LogP contribution >= 0.6 is 0 Å². The topological polar surface area (TPSA) is 87.7 Å². The van der Waals surface area contributed by atoms with E-state index in [9.17, 15) is 13.4 Å². The van der Waals surface area contributed by atoms with E-state index >= 15 is 4.39 Å². The van der Waals surface area contributed by atoms with Crippen molar-refractivity contribution < 1.29 is 17.8 Å². The molecule has 0 bridgehead atoms. The lowest BCUT2D eigenvalue weighted by Crippen LogP contribution is -2.13. The van der Waals surface area contributed by atoms with Crippen LogP contribution in [0.25, 0.3) is 33.1 Å². The number of para-hydroxylation sites is 1. The van der Waals surface area contributed by atoms with Gasteiger partial charge in [0.25, 0.3) is 0 Å². The van der Waals surface area contributed by atoms with Crippen LogP contribution in [0, 0.1) is 11.6 Å². The lowest BCUT2D eigenvalue weighted by atomic mass is 10.00. The fraction of sp³-hybridized carbons (Fsp3) is 0.115. The fourth-order valence-corrected chi connectivity index (χ4v) is 4.79. The number of halogens is 2. The molecule has 5 aromatic rings. The molecule has 2 N–H and O–H groups in total. The van der Waals surface area contributed by atoms with Crippen LogP contribution in [0.3, 0.4) is 0 Å². The number of aromatic amines is 1. The molecule has 0 saturated carbocycles. The maximum atomic E-state index is 15.2. The Morgan fingerprint density at radius 3 is 2.66 bits per heavy atom. The number of rotatable bonds is 7. The predicted molar refractivity (Wildman–Crippen MR) is 134 cm³/mol. The van der Waals surface area contributed by atoms with Crippen LogP contribution in [0.2, 0.25) is 0 Å². The van der Waals surface area contributed by atoms with Crippen LogP contribution in [0.4, 0.5) is 14.5 Å². The second-order valence-electron chi connectivity index (χ2n) is 8.00. The summed E-state index contributed by atoms with van der Waals surface area (Å²) >= 11 is 0. The van der Waals surface area contributed by atoms with Gasteiger partial charge in [-0.2, -0.15) is 0 Å². The summed E-state index contributed by atoms with van der Waals surface area (Å²) in [6, 6.07) is 13.5. The zero-order valence-electron chi connectivity index (χ0n) is 18.6. The summed E-state index contributed by atoms with van der Waals surface area (Å²) in [6.07, 6.45) is 5.36. The first-order valence-electron chi connectivity index (χ1n) is 11.0. The quantitative estimate of drug-likeness (QED) is 0.284. The van der Waals surface area contributed by atoms with E-state index in [4.69, 9.17) is 0 Å². The Kier molecular flexibility index (Phi) is 6.08. The van der Waals surface area contributed by atoms with Gasteiger partial charge in [-0.25, -0.2) is 18.0 Å². The molecule has 0 aliphatic carbocycles. The van der Waals surface area contributed by atoms with Crippen molar-refractivity contribution in [3.05, 3.63) is 89.9 Å². The van der Waals surface area contributed by atoms with Gasteiger partial charge in [-0.05, 0) is 36.8 Å². The first-order valence-corrected chi connectivity index (χ1v) is 12.3. The van der Waals surface area contributed by atoms with Crippen LogP contribution in [-0.2, 0) is 11.0 Å². The predicted octanol–water partition coefficient (Wildman–Crippen LogP) is 5.77. The number of hydrogen-bond acceptors (Lipinski definition) is 4. The van der Waals surface area contributed by atoms with Crippen molar-refractivity contribution in [3.8, 4) is 11.1 Å². The van der Waals surface area contributed by atoms with E-state index in [1.54, 1.807) is 18.5 Å². The number of nitrogens with zero attached hydrogens (tertiary/aromatic N) is 2. The number of anilines is 1. The van der Waals surface area contributed by atoms with Crippen LogP contribution < -0.4 is 4.72 Å². The number of aromatic nitrogens is 3. The molecule has 9 heteroatoms. The highest BCUT2D eigenvalue weighted by atomic mass is 32.2. The van der Waals surface area contributed by atoms with Gasteiger partial charge in [0.1, 0.15) is 22.5 Å². The molecule has 1 atom stereocenters. The van der Waals surface area contributed by atoms with Gasteiger partial charge in [-0.15, -0.1) is 0 Å². The van der Waals surface area contributed by atoms with E-state index in [2.05, 4.69) is 19.7 Å². The zero-order valence-corrected chi connectivity index (χ0v) is 19.5. The average Bonchev–Trinajstić information content (AvgIpc) is 3.29. The number of fused-ring (bicyclic) bond motifs is 2. The van der Waals surface area contributed by atoms with Gasteiger partial charge in [-0.1, -0.05) is 25.1 Å². The summed E-state index contributed by atoms with van der Waals surface area (Å²) in [5.41, 5.74) is 1.92. The highest BCUT2D eigenvalue weighted by Crippen LogP contribution is 2.30. The minimum absolute atomic E-state index is 0.0766. The van der Waals surface area contributed by atoms with Crippen molar-refractivity contribution in [2.45, 2.75) is 13.3 Å². The molecule has 0 radical (unpaired) electrons. The molecule has 0 amide bonds. The highest BCUT2D eigenvalue weighted by Gasteiger charge is 2.25. The van der Waals surface area contributed by atoms with Gasteiger partial charge in [0.05, 0.1) is 16.8 Å². The molecule has 0 aliphatic heterocycles. The molecular weight excluding hydrogens is 470 g/mol. The van der Waals surface area contributed by atoms with Crippen molar-refractivity contribution >= 4 is 44.4 Å². The third kappa shape index (κ3) is 4.30. The van der Waals surface area contributed by atoms with Gasteiger partial charge >= 0.3 is 0 Å². The maximum absolute atomic E-state index is 15.2. The van der Waals surface area contributed by atoms with E-state index in [1.165, 1.54) is 6.20 Å². The molecule has 0 fully saturated rings. The minimum Gasteiger partial charge on any atom is -0.345 e. The molecule has 0 saturated heterocycles. The molecule has 176 valence electrons. The number of H-pyrrole nitrogens is 1. The molecular formula is C26H20F2N4O2S. The van der Waals surface area contributed by atoms with Crippen LogP contribution in [0.5, 0.6) is 0 Å². The van der Waals surface area contributed by atoms with Crippen molar-refractivity contribution in [1.29, 1.82) is 0 Å². The zero-order chi connectivity index (χ0) is 24.5. The molecule has 5 rings (SSSR count). The van der Waals surface area contributed by atoms with Gasteiger partial charge in [0, 0.05) is 51.8 Å². The molecule has 6 nitrogen and oxygen atoms in total. The second kappa shape index (κ2) is 9.34. The number of carbonyl (C=O) groups excluding carboxylic acids is 1. The van der Waals surface area contributed by atoms with Crippen molar-refractivity contribution in [1.82, 2.24) is 15.0 Å². The average molecular weight is 491 g/mol. The normalized spacial score (nSPS) is 12.2. The summed E-state index contributed by atoms with van der Waals surface area (Å²) in [7, 11) is -1.55. The van der Waals surface area contributed by atoms with Crippen molar-refractivity contribution in [2.75, 3.05) is 10.5 Å². The van der Waals surface area contributed by atoms with Crippen LogP contribution in [0.1, 0.15) is 29.3 Å². The number of ketones is 1. The standard InChI is InChI=1S/C26H20F2N4O2S/c1-2-9-35(34)32-22-8-7-20(27)23(24(22)28)25(33)19-14-31-26-18(19)11-17(13-30-26)16-10-15-5-3-4-6-21(15)29-12-16/h3-8,10-14,32H,2,9H2,1H3,(H,30,31). The van der Waals surface area contributed by atoms with Gasteiger partial charge in [0.15, 0.2) is 5.82 Å². The SMILES string of the molecule is CCCS(=O)Nc1ccc(F)c(C(=O)c2c[nH]c3ncc(-c4cnc5ccccc5c4)cc23)c1F. The van der Waals surface area contributed by atoms with Gasteiger partial charge in [-0.3, -0.25) is 9.78 Å². The second-order valence-corrected chi connectivity index (χ2v) is 9.31. The summed E-state index contributed by atoms with van der Waals surface area (Å²) < 4.78 is 44.4. The Bertz CT molecular complexity index is 1620. The summed E-state index contributed by atoms with van der Waals surface area (Å²) in [5, 5.41) is 1.37. The largest absolute Gasteiger partial charge is 0.345 e. The fourth-order valence-electron chi connectivity index (χ4n) is 3.91. The number of nitrogens with one attached hydrogen (secondary N) is 2. The van der Waals surface area contributed by atoms with Crippen LogP contribution in [0.15, 0.2) is 67.1 Å². The number of benzene rings is 2. The Hall–Kier alpha value is -3.98. The molecule has 3 heterocycles. The van der Waals surface area contributed by atoms with Crippen molar-refractivity contribution in [2.24, 2.45) is 0 Å². The number of pyridine rings is 2. The van der Waals surface area contributed by atoms with E-state index in [0.29, 0.717) is 28.8 Å². The third-order valence-electron chi connectivity index (χ3n) is 5.63. The lowest BCUT2D eigenvalue weighted by Gasteiger charge is -2.10. The monoisotopic (exact) mass is 490 g/mol. The smallest absolute Gasteiger partial charge is 0.201 e. The van der Waals surface area contributed by atoms with Crippen LogP contribution in [-0.4, -0.2) is 30.7 Å². The Morgan fingerprint density at radius 1 is 1.06 bits per heavy atom. The van der Waals surface area contributed by atoms with E-state index in [-0.39, 0.29) is 11.3 Å². The molecule has 1 unspecified atom stereocenters. The Balaban J connectivity index is 1.56. The molecule has 0 aliphatic rings. The Labute approximate surface area is 202 Å². The highest BCUT2D eigenvalue weighted by molar-refractivity contribution is 7.86. The first-order chi connectivity index (χ1) is 17.0. The van der Waals surface area contributed by atoms with E-state index in [1.807, 2.05) is 37.3 Å². The molecule has 0 spiro atoms. The Morgan fingerprint density at radius 2 is 1.83 bits per heavy atom.